The molecule has 0 aromatic carbocycles. The van der Waals surface area contributed by atoms with E-state index in [0.717, 1.165) is 6.42 Å². The van der Waals surface area contributed by atoms with Crippen LogP contribution in [0.3, 0.4) is 0 Å². The molecule has 0 bridgehead atoms. The standard InChI is InChI=1S/C15H23N5O2/c1-3-12(2)18-13(21)11-14(22)19-7-9-20(10-8-19)15-16-5-4-6-17-15/h4-6,12H,3,7-11H2,1-2H3,(H,18,21). The first-order valence-corrected chi connectivity index (χ1v) is 7.69. The van der Waals surface area contributed by atoms with Crippen molar-refractivity contribution < 1.29 is 9.59 Å². The molecule has 7 nitrogen and oxygen atoms in total. The van der Waals surface area contributed by atoms with Crippen LogP contribution in [-0.2, 0) is 9.59 Å². The Morgan fingerprint density at radius 1 is 1.23 bits per heavy atom. The summed E-state index contributed by atoms with van der Waals surface area (Å²) in [6.45, 7) is 6.48. The zero-order chi connectivity index (χ0) is 15.9. The largest absolute Gasteiger partial charge is 0.353 e. The van der Waals surface area contributed by atoms with E-state index in [1.807, 2.05) is 18.7 Å². The van der Waals surface area contributed by atoms with Crippen molar-refractivity contribution in [2.75, 3.05) is 31.1 Å². The van der Waals surface area contributed by atoms with Gasteiger partial charge in [-0.05, 0) is 19.4 Å². The molecular formula is C15H23N5O2. The number of anilines is 1. The molecule has 2 heterocycles. The second-order valence-corrected chi connectivity index (χ2v) is 5.47. The first kappa shape index (κ1) is 16.2. The predicted molar refractivity (Wildman–Crippen MR) is 83.3 cm³/mol. The van der Waals surface area contributed by atoms with Gasteiger partial charge >= 0.3 is 0 Å². The van der Waals surface area contributed by atoms with Crippen LogP contribution in [0, 0.1) is 0 Å². The summed E-state index contributed by atoms with van der Waals surface area (Å²) in [5, 5.41) is 2.82. The molecule has 1 aromatic rings. The van der Waals surface area contributed by atoms with Gasteiger partial charge in [0.2, 0.25) is 17.8 Å². The van der Waals surface area contributed by atoms with Crippen LogP contribution in [-0.4, -0.2) is 58.9 Å². The van der Waals surface area contributed by atoms with Crippen molar-refractivity contribution in [3.63, 3.8) is 0 Å². The molecule has 120 valence electrons. The summed E-state index contributed by atoms with van der Waals surface area (Å²) in [6, 6.07) is 1.88. The van der Waals surface area contributed by atoms with Gasteiger partial charge in [-0.3, -0.25) is 9.59 Å². The molecule has 22 heavy (non-hydrogen) atoms. The number of nitrogens with zero attached hydrogens (tertiary/aromatic N) is 4. The molecule has 0 radical (unpaired) electrons. The average molecular weight is 305 g/mol. The summed E-state index contributed by atoms with van der Waals surface area (Å²) in [5.41, 5.74) is 0. The van der Waals surface area contributed by atoms with E-state index in [-0.39, 0.29) is 24.3 Å². The fourth-order valence-electron chi connectivity index (χ4n) is 2.29. The SMILES string of the molecule is CCC(C)NC(=O)CC(=O)N1CCN(c2ncccn2)CC1. The maximum atomic E-state index is 12.1. The minimum Gasteiger partial charge on any atom is -0.353 e. The summed E-state index contributed by atoms with van der Waals surface area (Å²) < 4.78 is 0. The molecule has 1 aromatic heterocycles. The minimum atomic E-state index is -0.201. The molecule has 0 spiro atoms. The van der Waals surface area contributed by atoms with Crippen molar-refractivity contribution in [3.8, 4) is 0 Å². The molecule has 1 aliphatic rings. The zero-order valence-corrected chi connectivity index (χ0v) is 13.2. The lowest BCUT2D eigenvalue weighted by Gasteiger charge is -2.34. The minimum absolute atomic E-state index is 0.0772. The molecule has 1 N–H and O–H groups in total. The Labute approximate surface area is 130 Å². The average Bonchev–Trinajstić information content (AvgIpc) is 2.55. The maximum absolute atomic E-state index is 12.1. The molecule has 1 aliphatic heterocycles. The number of hydrogen-bond donors (Lipinski definition) is 1. The fraction of sp³-hybridized carbons (Fsp3) is 0.600. The summed E-state index contributed by atoms with van der Waals surface area (Å²) in [4.78, 5) is 36.1. The Morgan fingerprint density at radius 2 is 1.86 bits per heavy atom. The van der Waals surface area contributed by atoms with E-state index >= 15 is 0 Å². The Hall–Kier alpha value is -2.18. The number of aromatic nitrogens is 2. The van der Waals surface area contributed by atoms with Crippen LogP contribution < -0.4 is 10.2 Å². The van der Waals surface area contributed by atoms with Gasteiger partial charge in [-0.2, -0.15) is 0 Å². The van der Waals surface area contributed by atoms with Crippen LogP contribution in [0.2, 0.25) is 0 Å². The van der Waals surface area contributed by atoms with Crippen LogP contribution in [0.5, 0.6) is 0 Å². The second-order valence-electron chi connectivity index (χ2n) is 5.47. The normalized spacial score (nSPS) is 16.3. The summed E-state index contributed by atoms with van der Waals surface area (Å²) >= 11 is 0. The molecule has 2 amide bonds. The molecule has 1 fully saturated rings. The van der Waals surface area contributed by atoms with Gasteiger partial charge < -0.3 is 15.1 Å². The van der Waals surface area contributed by atoms with Crippen LogP contribution in [0.25, 0.3) is 0 Å². The lowest BCUT2D eigenvalue weighted by Crippen LogP contribution is -2.50. The van der Waals surface area contributed by atoms with E-state index < -0.39 is 0 Å². The molecule has 1 saturated heterocycles. The smallest absolute Gasteiger partial charge is 0.232 e. The Morgan fingerprint density at radius 3 is 2.45 bits per heavy atom. The van der Waals surface area contributed by atoms with E-state index in [4.69, 9.17) is 0 Å². The van der Waals surface area contributed by atoms with Crippen LogP contribution in [0.1, 0.15) is 26.7 Å². The number of carbonyl (C=O) groups excluding carboxylic acids is 2. The molecular weight excluding hydrogens is 282 g/mol. The van der Waals surface area contributed by atoms with Crippen molar-refractivity contribution in [1.82, 2.24) is 20.2 Å². The Kier molecular flexibility index (Phi) is 5.68. The first-order chi connectivity index (χ1) is 10.6. The van der Waals surface area contributed by atoms with Gasteiger partial charge in [0.25, 0.3) is 0 Å². The number of piperazine rings is 1. The van der Waals surface area contributed by atoms with E-state index in [2.05, 4.69) is 15.3 Å². The van der Waals surface area contributed by atoms with Gasteiger partial charge in [0.05, 0.1) is 0 Å². The van der Waals surface area contributed by atoms with Gasteiger partial charge in [-0.15, -0.1) is 0 Å². The molecule has 0 saturated carbocycles. The van der Waals surface area contributed by atoms with E-state index in [9.17, 15) is 9.59 Å². The van der Waals surface area contributed by atoms with Gasteiger partial charge in [0.15, 0.2) is 0 Å². The van der Waals surface area contributed by atoms with Gasteiger partial charge in [0.1, 0.15) is 6.42 Å². The number of amides is 2. The lowest BCUT2D eigenvalue weighted by molar-refractivity contribution is -0.136. The van der Waals surface area contributed by atoms with E-state index in [1.54, 1.807) is 23.4 Å². The third-order valence-corrected chi connectivity index (χ3v) is 3.80. The number of hydrogen-bond acceptors (Lipinski definition) is 5. The highest BCUT2D eigenvalue weighted by atomic mass is 16.2. The first-order valence-electron chi connectivity index (χ1n) is 7.69. The summed E-state index contributed by atoms with van der Waals surface area (Å²) in [6.07, 6.45) is 4.19. The van der Waals surface area contributed by atoms with Crippen molar-refractivity contribution in [2.45, 2.75) is 32.7 Å². The van der Waals surface area contributed by atoms with Crippen molar-refractivity contribution in [1.29, 1.82) is 0 Å². The molecule has 2 rings (SSSR count). The van der Waals surface area contributed by atoms with Gasteiger partial charge in [-0.1, -0.05) is 6.92 Å². The summed E-state index contributed by atoms with van der Waals surface area (Å²) in [7, 11) is 0. The quantitative estimate of drug-likeness (QED) is 0.798. The Bertz CT molecular complexity index is 500. The topological polar surface area (TPSA) is 78.4 Å². The highest BCUT2D eigenvalue weighted by Gasteiger charge is 2.24. The third kappa shape index (κ3) is 4.41. The highest BCUT2D eigenvalue weighted by Crippen LogP contribution is 2.10. The van der Waals surface area contributed by atoms with Crippen molar-refractivity contribution in [3.05, 3.63) is 18.5 Å². The monoisotopic (exact) mass is 305 g/mol. The molecule has 7 heteroatoms. The number of rotatable bonds is 5. The second kappa shape index (κ2) is 7.72. The van der Waals surface area contributed by atoms with Crippen LogP contribution in [0.4, 0.5) is 5.95 Å². The van der Waals surface area contributed by atoms with Gasteiger partial charge in [0, 0.05) is 44.6 Å². The molecule has 1 atom stereocenters. The van der Waals surface area contributed by atoms with Gasteiger partial charge in [-0.25, -0.2) is 9.97 Å². The van der Waals surface area contributed by atoms with Crippen LogP contribution >= 0.6 is 0 Å². The maximum Gasteiger partial charge on any atom is 0.232 e. The van der Waals surface area contributed by atoms with Crippen LogP contribution in [0.15, 0.2) is 18.5 Å². The lowest BCUT2D eigenvalue weighted by atomic mass is 10.2. The molecule has 1 unspecified atom stereocenters. The number of nitrogens with one attached hydrogen (secondary N) is 1. The number of carbonyl (C=O) groups is 2. The predicted octanol–water partition coefficient (Wildman–Crippen LogP) is 0.430. The Balaban J connectivity index is 1.79. The molecule has 0 aliphatic carbocycles. The fourth-order valence-corrected chi connectivity index (χ4v) is 2.29. The van der Waals surface area contributed by atoms with E-state index in [0.29, 0.717) is 32.1 Å². The third-order valence-electron chi connectivity index (χ3n) is 3.80. The van der Waals surface area contributed by atoms with Crippen molar-refractivity contribution >= 4 is 17.8 Å². The summed E-state index contributed by atoms with van der Waals surface area (Å²) in [5.74, 6) is 0.367. The highest BCUT2D eigenvalue weighted by molar-refractivity contribution is 5.97. The van der Waals surface area contributed by atoms with E-state index in [1.165, 1.54) is 0 Å². The van der Waals surface area contributed by atoms with Crippen molar-refractivity contribution in [2.24, 2.45) is 0 Å². The zero-order valence-electron chi connectivity index (χ0n) is 13.2.